The van der Waals surface area contributed by atoms with E-state index in [1.807, 2.05) is 6.92 Å². The van der Waals surface area contributed by atoms with Gasteiger partial charge in [0, 0.05) is 6.54 Å². The van der Waals surface area contributed by atoms with Crippen molar-refractivity contribution in [2.45, 2.75) is 39.4 Å². The SMILES string of the molecule is CCCCn1c(=O)n(CC(=O)OC)c(=O)n(CC(=O)OC)c1=O. The summed E-state index contributed by atoms with van der Waals surface area (Å²) in [5.41, 5.74) is -2.90. The summed E-state index contributed by atoms with van der Waals surface area (Å²) in [4.78, 5) is 59.5. The maximum Gasteiger partial charge on any atom is 0.337 e. The number of nitrogens with zero attached hydrogens (tertiary/aromatic N) is 3. The molecule has 0 bridgehead atoms. The first-order chi connectivity index (χ1) is 10.9. The lowest BCUT2D eigenvalue weighted by Gasteiger charge is -2.12. The number of unbranched alkanes of at least 4 members (excludes halogenated alkanes) is 1. The third-order valence-corrected chi connectivity index (χ3v) is 3.15. The highest BCUT2D eigenvalue weighted by molar-refractivity contribution is 5.69. The minimum Gasteiger partial charge on any atom is -0.468 e. The lowest BCUT2D eigenvalue weighted by molar-refractivity contribution is -0.141. The molecule has 0 atom stereocenters. The highest BCUT2D eigenvalue weighted by Gasteiger charge is 2.19. The second-order valence-electron chi connectivity index (χ2n) is 4.68. The molecule has 0 unspecified atom stereocenters. The lowest BCUT2D eigenvalue weighted by atomic mass is 10.3. The van der Waals surface area contributed by atoms with E-state index < -0.39 is 42.1 Å². The number of rotatable bonds is 7. The van der Waals surface area contributed by atoms with Crippen LogP contribution in [0.3, 0.4) is 0 Å². The topological polar surface area (TPSA) is 119 Å². The van der Waals surface area contributed by atoms with Crippen LogP contribution in [-0.4, -0.2) is 39.9 Å². The van der Waals surface area contributed by atoms with Gasteiger partial charge < -0.3 is 9.47 Å². The monoisotopic (exact) mass is 329 g/mol. The predicted octanol–water partition coefficient (Wildman–Crippen LogP) is -1.68. The molecule has 23 heavy (non-hydrogen) atoms. The molecule has 0 aromatic carbocycles. The van der Waals surface area contributed by atoms with Crippen LogP contribution in [-0.2, 0) is 38.7 Å². The van der Waals surface area contributed by atoms with Crippen LogP contribution in [0.4, 0.5) is 0 Å². The number of hydrogen-bond donors (Lipinski definition) is 0. The average molecular weight is 329 g/mol. The Morgan fingerprint density at radius 1 is 0.826 bits per heavy atom. The summed E-state index contributed by atoms with van der Waals surface area (Å²) < 4.78 is 10.8. The molecule has 0 saturated heterocycles. The molecule has 0 N–H and O–H groups in total. The molecule has 0 fully saturated rings. The summed E-state index contributed by atoms with van der Waals surface area (Å²) in [5.74, 6) is -1.65. The average Bonchev–Trinajstić information content (AvgIpc) is 2.54. The van der Waals surface area contributed by atoms with Crippen molar-refractivity contribution in [1.82, 2.24) is 13.7 Å². The summed E-state index contributed by atoms with van der Waals surface area (Å²) in [7, 11) is 2.21. The first-order valence-corrected chi connectivity index (χ1v) is 6.95. The van der Waals surface area contributed by atoms with Gasteiger partial charge >= 0.3 is 29.0 Å². The zero-order chi connectivity index (χ0) is 17.6. The van der Waals surface area contributed by atoms with E-state index in [2.05, 4.69) is 9.47 Å². The molecule has 10 heteroatoms. The van der Waals surface area contributed by atoms with Crippen LogP contribution in [0.15, 0.2) is 14.4 Å². The molecule has 0 saturated carbocycles. The zero-order valence-corrected chi connectivity index (χ0v) is 13.2. The van der Waals surface area contributed by atoms with Gasteiger partial charge in [-0.2, -0.15) is 0 Å². The summed E-state index contributed by atoms with van der Waals surface area (Å²) >= 11 is 0. The van der Waals surface area contributed by atoms with Gasteiger partial charge in [0.15, 0.2) is 0 Å². The Morgan fingerprint density at radius 2 is 1.22 bits per heavy atom. The van der Waals surface area contributed by atoms with Crippen LogP contribution in [0.1, 0.15) is 19.8 Å². The quantitative estimate of drug-likeness (QED) is 0.548. The standard InChI is InChI=1S/C13H19N3O7/c1-4-5-6-14-11(19)15(7-9(17)22-2)13(21)16(12(14)20)8-10(18)23-3/h4-8H2,1-3H3. The van der Waals surface area contributed by atoms with E-state index in [9.17, 15) is 24.0 Å². The zero-order valence-electron chi connectivity index (χ0n) is 13.2. The van der Waals surface area contributed by atoms with E-state index in [1.165, 1.54) is 0 Å². The maximum absolute atomic E-state index is 12.3. The molecule has 0 radical (unpaired) electrons. The molecule has 10 nitrogen and oxygen atoms in total. The van der Waals surface area contributed by atoms with Crippen molar-refractivity contribution < 1.29 is 19.1 Å². The van der Waals surface area contributed by atoms with Crippen LogP contribution >= 0.6 is 0 Å². The number of aromatic nitrogens is 3. The Bertz CT molecular complexity index is 700. The fraction of sp³-hybridized carbons (Fsp3) is 0.615. The lowest BCUT2D eigenvalue weighted by Crippen LogP contribution is -2.55. The predicted molar refractivity (Wildman–Crippen MR) is 78.2 cm³/mol. The fourth-order valence-corrected chi connectivity index (χ4v) is 1.85. The fourth-order valence-electron chi connectivity index (χ4n) is 1.85. The highest BCUT2D eigenvalue weighted by Crippen LogP contribution is 1.89. The molecular formula is C13H19N3O7. The molecule has 1 heterocycles. The normalized spacial score (nSPS) is 10.4. The summed E-state index contributed by atoms with van der Waals surface area (Å²) in [6.45, 7) is 0.628. The largest absolute Gasteiger partial charge is 0.468 e. The van der Waals surface area contributed by atoms with Crippen LogP contribution in [0.2, 0.25) is 0 Å². The second-order valence-corrected chi connectivity index (χ2v) is 4.68. The van der Waals surface area contributed by atoms with Gasteiger partial charge in [0.05, 0.1) is 14.2 Å². The summed E-state index contributed by atoms with van der Waals surface area (Å²) in [6, 6.07) is 0. The Morgan fingerprint density at radius 3 is 1.57 bits per heavy atom. The van der Waals surface area contributed by atoms with Crippen LogP contribution in [0, 0.1) is 0 Å². The molecule has 0 amide bonds. The molecule has 0 aliphatic heterocycles. The number of methoxy groups -OCH3 is 2. The number of carbonyl (C=O) groups excluding carboxylic acids is 2. The molecule has 1 rings (SSSR count). The van der Waals surface area contributed by atoms with E-state index in [0.717, 1.165) is 18.8 Å². The van der Waals surface area contributed by atoms with Crippen molar-refractivity contribution >= 4 is 11.9 Å². The maximum atomic E-state index is 12.3. The summed E-state index contributed by atoms with van der Waals surface area (Å²) in [6.07, 6.45) is 1.23. The van der Waals surface area contributed by atoms with Gasteiger partial charge in [0.2, 0.25) is 0 Å². The molecule has 1 aromatic rings. The van der Waals surface area contributed by atoms with Gasteiger partial charge in [-0.25, -0.2) is 28.1 Å². The molecule has 0 aliphatic carbocycles. The molecule has 128 valence electrons. The number of esters is 2. The Labute approximate surface area is 130 Å². The van der Waals surface area contributed by atoms with Gasteiger partial charge in [-0.15, -0.1) is 0 Å². The molecule has 1 aromatic heterocycles. The first kappa shape index (κ1) is 18.4. The Balaban J connectivity index is 3.56. The van der Waals surface area contributed by atoms with Crippen molar-refractivity contribution in [2.75, 3.05) is 14.2 Å². The van der Waals surface area contributed by atoms with Crippen molar-refractivity contribution in [3.8, 4) is 0 Å². The molecular weight excluding hydrogens is 310 g/mol. The first-order valence-electron chi connectivity index (χ1n) is 6.95. The Kier molecular flexibility index (Phi) is 6.49. The van der Waals surface area contributed by atoms with Crippen molar-refractivity contribution in [1.29, 1.82) is 0 Å². The number of hydrogen-bond acceptors (Lipinski definition) is 7. The van der Waals surface area contributed by atoms with Gasteiger partial charge in [-0.1, -0.05) is 13.3 Å². The van der Waals surface area contributed by atoms with E-state index >= 15 is 0 Å². The van der Waals surface area contributed by atoms with Gasteiger partial charge in [-0.05, 0) is 6.42 Å². The van der Waals surface area contributed by atoms with Crippen LogP contribution in [0.25, 0.3) is 0 Å². The second kappa shape index (κ2) is 8.11. The smallest absolute Gasteiger partial charge is 0.337 e. The van der Waals surface area contributed by atoms with Crippen molar-refractivity contribution in [3.05, 3.63) is 31.5 Å². The molecule has 0 spiro atoms. The highest BCUT2D eigenvalue weighted by atomic mass is 16.5. The minimum absolute atomic E-state index is 0.0663. The van der Waals surface area contributed by atoms with E-state index in [4.69, 9.17) is 0 Å². The Hall–Kier alpha value is -2.65. The van der Waals surface area contributed by atoms with Crippen LogP contribution < -0.4 is 17.1 Å². The van der Waals surface area contributed by atoms with E-state index in [0.29, 0.717) is 22.0 Å². The van der Waals surface area contributed by atoms with Gasteiger partial charge in [0.1, 0.15) is 13.1 Å². The third-order valence-electron chi connectivity index (χ3n) is 3.15. The summed E-state index contributed by atoms with van der Waals surface area (Å²) in [5, 5.41) is 0. The van der Waals surface area contributed by atoms with Gasteiger partial charge in [-0.3, -0.25) is 9.59 Å². The van der Waals surface area contributed by atoms with Crippen molar-refractivity contribution in [2.24, 2.45) is 0 Å². The molecule has 0 aliphatic rings. The van der Waals surface area contributed by atoms with Crippen LogP contribution in [0.5, 0.6) is 0 Å². The minimum atomic E-state index is -1.07. The number of ether oxygens (including phenoxy) is 2. The van der Waals surface area contributed by atoms with E-state index in [-0.39, 0.29) is 6.54 Å². The van der Waals surface area contributed by atoms with Crippen molar-refractivity contribution in [3.63, 3.8) is 0 Å². The van der Waals surface area contributed by atoms with Gasteiger partial charge in [0.25, 0.3) is 0 Å². The third kappa shape index (κ3) is 4.18. The number of carbonyl (C=O) groups is 2. The van der Waals surface area contributed by atoms with E-state index in [1.54, 1.807) is 0 Å².